The summed E-state index contributed by atoms with van der Waals surface area (Å²) in [5.41, 5.74) is 7.21. The van der Waals surface area contributed by atoms with Crippen LogP contribution >= 0.6 is 22.6 Å². The summed E-state index contributed by atoms with van der Waals surface area (Å²) in [6, 6.07) is 1.10. The van der Waals surface area contributed by atoms with Crippen LogP contribution in [0.3, 0.4) is 0 Å². The van der Waals surface area contributed by atoms with Crippen LogP contribution < -0.4 is 10.3 Å². The van der Waals surface area contributed by atoms with Crippen molar-refractivity contribution in [2.45, 2.75) is 25.0 Å². The Morgan fingerprint density at radius 1 is 1.45 bits per heavy atom. The van der Waals surface area contributed by atoms with Gasteiger partial charge in [-0.15, -0.1) is 6.42 Å². The number of nitrogens with two attached hydrogens (primary N) is 1. The van der Waals surface area contributed by atoms with E-state index in [1.807, 2.05) is 0 Å². The van der Waals surface area contributed by atoms with Gasteiger partial charge in [-0.1, -0.05) is 17.5 Å². The van der Waals surface area contributed by atoms with E-state index < -0.39 is 11.6 Å². The summed E-state index contributed by atoms with van der Waals surface area (Å²) >= 11 is 2.10. The fourth-order valence-electron chi connectivity index (χ4n) is 5.01. The number of terminal acetylenes is 1. The maximum Gasteiger partial charge on any atom is 0.246 e. The SMILES string of the molecule is C#Cc1cc2nc(C[n+]3cnc4c(c(I)nn4C4C[C@H](COC)N(C(=O)C=C)C4)c3N)n(C)c2c(F)c1F. The highest BCUT2D eigenvalue weighted by molar-refractivity contribution is 14.1. The highest BCUT2D eigenvalue weighted by atomic mass is 127. The molecule has 0 saturated carbocycles. The summed E-state index contributed by atoms with van der Waals surface area (Å²) in [5.74, 6) is 0.668. The Labute approximate surface area is 230 Å². The zero-order chi connectivity index (χ0) is 27.3. The molecular weight excluding hydrogens is 609 g/mol. The van der Waals surface area contributed by atoms with E-state index in [9.17, 15) is 13.6 Å². The predicted octanol–water partition coefficient (Wildman–Crippen LogP) is 2.07. The minimum Gasteiger partial charge on any atom is -0.383 e. The number of ether oxygens (including phenoxy) is 1. The molecule has 196 valence electrons. The zero-order valence-corrected chi connectivity index (χ0v) is 22.8. The molecular formula is C25H24F2IN8O2+. The Balaban J connectivity index is 1.52. The number of hydrogen-bond acceptors (Lipinski definition) is 6. The van der Waals surface area contributed by atoms with E-state index in [1.165, 1.54) is 16.7 Å². The molecule has 1 aromatic carbocycles. The van der Waals surface area contributed by atoms with E-state index >= 15 is 0 Å². The minimum absolute atomic E-state index is 0.0116. The van der Waals surface area contributed by atoms with Gasteiger partial charge in [0.2, 0.25) is 23.7 Å². The van der Waals surface area contributed by atoms with Crippen molar-refractivity contribution in [1.82, 2.24) is 29.2 Å². The molecule has 1 unspecified atom stereocenters. The van der Waals surface area contributed by atoms with Gasteiger partial charge in [-0.2, -0.15) is 5.10 Å². The third kappa shape index (κ3) is 4.08. The number of halogens is 3. The molecule has 2 N–H and O–H groups in total. The number of fused-ring (bicyclic) bond motifs is 2. The Hall–Kier alpha value is -3.64. The molecule has 13 heteroatoms. The summed E-state index contributed by atoms with van der Waals surface area (Å²) in [4.78, 5) is 23.2. The van der Waals surface area contributed by atoms with Gasteiger partial charge >= 0.3 is 0 Å². The maximum atomic E-state index is 14.7. The van der Waals surface area contributed by atoms with Crippen LogP contribution in [0.2, 0.25) is 0 Å². The van der Waals surface area contributed by atoms with Gasteiger partial charge in [0.15, 0.2) is 11.6 Å². The third-order valence-electron chi connectivity index (χ3n) is 6.88. The Bertz CT molecular complexity index is 1660. The molecule has 38 heavy (non-hydrogen) atoms. The fourth-order valence-corrected chi connectivity index (χ4v) is 5.76. The molecule has 0 bridgehead atoms. The Morgan fingerprint density at radius 3 is 2.89 bits per heavy atom. The normalized spacial score (nSPS) is 17.4. The number of anilines is 1. The summed E-state index contributed by atoms with van der Waals surface area (Å²) in [6.07, 6.45) is 8.80. The number of rotatable bonds is 6. The standard InChI is InChI=1S/C25H23F2IN8O2/c1-5-13-7-16-22(21(27)20(13)26)33(3)17(31-16)10-34-12-30-25-19(24(34)29)23(28)32-36(25)14-8-15(11-38-4)35(9-14)18(37)6-2/h1,6-7,12,14-15,29H,2,8-11H2,3-4H3/p+1/t14?,15-/m1/s1. The van der Waals surface area contributed by atoms with Gasteiger partial charge in [-0.3, -0.25) is 4.79 Å². The molecule has 1 fully saturated rings. The molecule has 2 atom stereocenters. The number of amides is 1. The van der Waals surface area contributed by atoms with Crippen LogP contribution in [-0.2, 0) is 23.1 Å². The number of hydrogen-bond donors (Lipinski definition) is 1. The largest absolute Gasteiger partial charge is 0.383 e. The summed E-state index contributed by atoms with van der Waals surface area (Å²) < 4.78 is 39.9. The number of likely N-dealkylation sites (tertiary alicyclic amines) is 1. The molecule has 0 spiro atoms. The van der Waals surface area contributed by atoms with Gasteiger partial charge < -0.3 is 19.9 Å². The van der Waals surface area contributed by atoms with Crippen LogP contribution in [0.1, 0.15) is 23.9 Å². The molecule has 1 aliphatic rings. The van der Waals surface area contributed by atoms with E-state index in [2.05, 4.69) is 45.1 Å². The summed E-state index contributed by atoms with van der Waals surface area (Å²) in [5, 5.41) is 5.35. The molecule has 4 heterocycles. The average molecular weight is 633 g/mol. The second-order valence-corrected chi connectivity index (χ2v) is 10.1. The van der Waals surface area contributed by atoms with Crippen molar-refractivity contribution in [3.8, 4) is 12.3 Å². The van der Waals surface area contributed by atoms with E-state index in [0.717, 1.165) is 0 Å². The molecule has 1 aliphatic heterocycles. The second kappa shape index (κ2) is 9.91. The van der Waals surface area contributed by atoms with Gasteiger partial charge in [0.1, 0.15) is 27.0 Å². The Kier molecular flexibility index (Phi) is 6.78. The molecule has 0 radical (unpaired) electrons. The highest BCUT2D eigenvalue weighted by Crippen LogP contribution is 2.32. The van der Waals surface area contributed by atoms with Crippen molar-refractivity contribution in [3.63, 3.8) is 0 Å². The average Bonchev–Trinajstić information content (AvgIpc) is 3.56. The van der Waals surface area contributed by atoms with Gasteiger partial charge in [0.25, 0.3) is 0 Å². The molecule has 10 nitrogen and oxygen atoms in total. The minimum atomic E-state index is -1.08. The highest BCUT2D eigenvalue weighted by Gasteiger charge is 2.38. The number of carbonyl (C=O) groups excluding carboxylic acids is 1. The number of nitrogens with zero attached hydrogens (tertiary/aromatic N) is 7. The molecule has 3 aromatic heterocycles. The molecule has 1 amide bonds. The van der Waals surface area contributed by atoms with Gasteiger partial charge in [0.05, 0.1) is 29.8 Å². The van der Waals surface area contributed by atoms with Crippen molar-refractivity contribution in [2.24, 2.45) is 7.05 Å². The summed E-state index contributed by atoms with van der Waals surface area (Å²) in [7, 11) is 3.20. The van der Waals surface area contributed by atoms with Crippen LogP contribution in [0.15, 0.2) is 25.0 Å². The summed E-state index contributed by atoms with van der Waals surface area (Å²) in [6.45, 7) is 4.58. The Morgan fingerprint density at radius 2 is 2.21 bits per heavy atom. The molecule has 0 aliphatic carbocycles. The van der Waals surface area contributed by atoms with Crippen LogP contribution in [0.4, 0.5) is 14.6 Å². The van der Waals surface area contributed by atoms with Crippen LogP contribution in [-0.4, -0.2) is 61.4 Å². The smallest absolute Gasteiger partial charge is 0.246 e. The lowest BCUT2D eigenvalue weighted by Crippen LogP contribution is -2.39. The third-order valence-corrected chi connectivity index (χ3v) is 7.64. The lowest BCUT2D eigenvalue weighted by atomic mass is 10.2. The van der Waals surface area contributed by atoms with Crippen LogP contribution in [0, 0.1) is 27.7 Å². The number of methoxy groups -OCH3 is 1. The van der Waals surface area contributed by atoms with E-state index in [0.29, 0.717) is 45.9 Å². The van der Waals surface area contributed by atoms with E-state index in [-0.39, 0.29) is 41.1 Å². The lowest BCUT2D eigenvalue weighted by Gasteiger charge is -2.22. The second-order valence-electron chi connectivity index (χ2n) is 9.04. The molecule has 5 rings (SSSR count). The first-order valence-corrected chi connectivity index (χ1v) is 12.7. The number of aromatic nitrogens is 6. The number of benzene rings is 1. The van der Waals surface area contributed by atoms with Gasteiger partial charge in [-0.05, 0) is 41.2 Å². The first kappa shape index (κ1) is 26.0. The molecule has 4 aromatic rings. The maximum absolute atomic E-state index is 14.7. The first-order chi connectivity index (χ1) is 18.2. The lowest BCUT2D eigenvalue weighted by molar-refractivity contribution is -0.676. The number of carbonyl (C=O) groups is 1. The van der Waals surface area contributed by atoms with Gasteiger partial charge in [-0.25, -0.2) is 23.0 Å². The van der Waals surface area contributed by atoms with Crippen LogP contribution in [0.25, 0.3) is 22.1 Å². The predicted molar refractivity (Wildman–Crippen MR) is 144 cm³/mol. The fraction of sp³-hybridized carbons (Fsp3) is 0.320. The van der Waals surface area contributed by atoms with E-state index in [1.54, 1.807) is 34.6 Å². The number of aryl methyl sites for hydroxylation is 1. The van der Waals surface area contributed by atoms with Crippen molar-refractivity contribution in [2.75, 3.05) is 26.0 Å². The first-order valence-electron chi connectivity index (χ1n) is 11.6. The van der Waals surface area contributed by atoms with Gasteiger partial charge in [0, 0.05) is 20.7 Å². The van der Waals surface area contributed by atoms with E-state index in [4.69, 9.17) is 22.0 Å². The quantitative estimate of drug-likeness (QED) is 0.151. The number of nitrogen functional groups attached to an aromatic ring is 1. The zero-order valence-electron chi connectivity index (χ0n) is 20.7. The van der Waals surface area contributed by atoms with Crippen molar-refractivity contribution in [1.29, 1.82) is 0 Å². The monoisotopic (exact) mass is 633 g/mol. The van der Waals surface area contributed by atoms with Crippen LogP contribution in [0.5, 0.6) is 0 Å². The van der Waals surface area contributed by atoms with Crippen molar-refractivity contribution >= 4 is 56.4 Å². The van der Waals surface area contributed by atoms with Crippen molar-refractivity contribution < 1.29 is 22.9 Å². The molecule has 1 saturated heterocycles. The topological polar surface area (TPSA) is 108 Å². The number of imidazole rings is 1. The van der Waals surface area contributed by atoms with Crippen molar-refractivity contribution in [3.05, 3.63) is 51.8 Å².